The summed E-state index contributed by atoms with van der Waals surface area (Å²) in [6.45, 7) is 3.02. The van der Waals surface area contributed by atoms with Crippen LogP contribution in [0, 0.1) is 0 Å². The molecular formula is C64H117NO4. The van der Waals surface area contributed by atoms with Crippen LogP contribution < -0.4 is 0 Å². The van der Waals surface area contributed by atoms with Crippen LogP contribution >= 0.6 is 0 Å². The Morgan fingerprint density at radius 3 is 1.06 bits per heavy atom. The van der Waals surface area contributed by atoms with Crippen molar-refractivity contribution in [2.24, 2.45) is 0 Å². The summed E-state index contributed by atoms with van der Waals surface area (Å²) < 4.78 is 12.9. The van der Waals surface area contributed by atoms with E-state index in [0.717, 1.165) is 43.4 Å². The van der Waals surface area contributed by atoms with Gasteiger partial charge in [0.15, 0.2) is 5.79 Å². The highest BCUT2D eigenvalue weighted by molar-refractivity contribution is 5.37. The van der Waals surface area contributed by atoms with Gasteiger partial charge in [-0.1, -0.05) is 295 Å². The van der Waals surface area contributed by atoms with Crippen LogP contribution in [0.4, 0.5) is 0 Å². The molecule has 2 aliphatic heterocycles. The van der Waals surface area contributed by atoms with Crippen LogP contribution in [0.15, 0.2) is 18.2 Å². The first-order valence-corrected chi connectivity index (χ1v) is 31.7. The largest absolute Gasteiger partial charge is 0.508 e. The van der Waals surface area contributed by atoms with E-state index in [-0.39, 0.29) is 0 Å². The molecule has 0 amide bonds. The minimum atomic E-state index is -0.520. The SMILES string of the molecule is Oc1ccc2c(c1)CCN(C1CCCCCCCCCCCCCCCCCCCCCCCCCCCCCCCCCCCCCCCCCCCCCCCCC3(CC1)OCCO3)CC2O. The summed E-state index contributed by atoms with van der Waals surface area (Å²) in [5.41, 5.74) is 2.08. The molecule has 1 spiro atoms. The number of aliphatic hydroxyl groups excluding tert-OH is 1. The van der Waals surface area contributed by atoms with Gasteiger partial charge in [0.25, 0.3) is 0 Å². The average Bonchev–Trinajstić information content (AvgIpc) is 3.76. The molecule has 402 valence electrons. The second kappa shape index (κ2) is 42.2. The zero-order valence-corrected chi connectivity index (χ0v) is 45.9. The first-order valence-electron chi connectivity index (χ1n) is 31.7. The van der Waals surface area contributed by atoms with Gasteiger partial charge >= 0.3 is 0 Å². The second-order valence-electron chi connectivity index (χ2n) is 23.2. The summed E-state index contributed by atoms with van der Waals surface area (Å²) in [4.78, 5) is 2.57. The molecule has 2 unspecified atom stereocenters. The van der Waals surface area contributed by atoms with Crippen molar-refractivity contribution in [2.75, 3.05) is 26.3 Å². The van der Waals surface area contributed by atoms with Crippen LogP contribution in [0.5, 0.6) is 5.75 Å². The third-order valence-electron chi connectivity index (χ3n) is 17.1. The number of ether oxygens (including phenoxy) is 2. The Morgan fingerprint density at radius 1 is 0.391 bits per heavy atom. The molecule has 2 atom stereocenters. The zero-order chi connectivity index (χ0) is 48.4. The topological polar surface area (TPSA) is 62.2 Å². The summed E-state index contributed by atoms with van der Waals surface area (Å²) in [5.74, 6) is -0.131. The third-order valence-corrected chi connectivity index (χ3v) is 17.1. The van der Waals surface area contributed by atoms with Crippen LogP contribution in [0.2, 0.25) is 0 Å². The summed E-state index contributed by atoms with van der Waals surface area (Å²) in [6, 6.07) is 5.95. The predicted octanol–water partition coefficient (Wildman–Crippen LogP) is 19.9. The molecule has 69 heavy (non-hydrogen) atoms. The van der Waals surface area contributed by atoms with Crippen LogP contribution in [-0.2, 0) is 15.9 Å². The molecule has 5 nitrogen and oxygen atoms in total. The molecule has 2 fully saturated rings. The molecule has 1 aromatic rings. The monoisotopic (exact) mass is 964 g/mol. The number of hydrogen-bond donors (Lipinski definition) is 2. The molecule has 1 saturated heterocycles. The lowest BCUT2D eigenvalue weighted by Gasteiger charge is -2.35. The smallest absolute Gasteiger partial charge is 0.168 e. The number of hydrogen-bond acceptors (Lipinski definition) is 5. The first kappa shape index (κ1) is 60.4. The van der Waals surface area contributed by atoms with Crippen molar-refractivity contribution in [3.05, 3.63) is 29.3 Å². The van der Waals surface area contributed by atoms with Crippen molar-refractivity contribution < 1.29 is 19.7 Å². The van der Waals surface area contributed by atoms with E-state index in [1.807, 2.05) is 12.1 Å². The van der Waals surface area contributed by atoms with E-state index >= 15 is 0 Å². The molecule has 2 N–H and O–H groups in total. The number of nitrogens with zero attached hydrogens (tertiary/aromatic N) is 1. The van der Waals surface area contributed by atoms with E-state index in [4.69, 9.17) is 9.47 Å². The van der Waals surface area contributed by atoms with E-state index < -0.39 is 11.9 Å². The molecule has 1 aromatic carbocycles. The number of β-amino-alcohol motifs (C(OH)–C–C–N with tert-alkyl or cyclic N) is 1. The molecule has 0 aromatic heterocycles. The maximum absolute atomic E-state index is 11.4. The molecule has 2 heterocycles. The molecule has 3 aliphatic rings. The number of phenolic OH excluding ortho intramolecular Hbond substituents is 1. The maximum Gasteiger partial charge on any atom is 0.168 e. The minimum absolute atomic E-state index is 0.301. The molecular weight excluding hydrogens is 847 g/mol. The van der Waals surface area contributed by atoms with Gasteiger partial charge in [-0.05, 0) is 48.9 Å². The second-order valence-corrected chi connectivity index (χ2v) is 23.2. The fraction of sp³-hybridized carbons (Fsp3) is 0.906. The average molecular weight is 965 g/mol. The first-order chi connectivity index (χ1) is 34.2. The van der Waals surface area contributed by atoms with Gasteiger partial charge in [-0.3, -0.25) is 4.90 Å². The number of aliphatic hydroxyl groups is 1. The number of fused-ring (bicyclic) bond motifs is 1. The van der Waals surface area contributed by atoms with E-state index in [9.17, 15) is 10.2 Å². The quantitative estimate of drug-likeness (QED) is 0.294. The van der Waals surface area contributed by atoms with Crippen LogP contribution in [0.1, 0.15) is 338 Å². The van der Waals surface area contributed by atoms with Crippen LogP contribution in [0.25, 0.3) is 0 Å². The zero-order valence-electron chi connectivity index (χ0n) is 45.9. The van der Waals surface area contributed by atoms with Crippen molar-refractivity contribution in [1.82, 2.24) is 4.90 Å². The van der Waals surface area contributed by atoms with Crippen molar-refractivity contribution >= 4 is 0 Å². The number of rotatable bonds is 1. The number of aromatic hydroxyl groups is 1. The highest BCUT2D eigenvalue weighted by Gasteiger charge is 2.37. The lowest BCUT2D eigenvalue weighted by Crippen LogP contribution is -2.40. The highest BCUT2D eigenvalue weighted by atomic mass is 16.7. The fourth-order valence-electron chi connectivity index (χ4n) is 12.5. The Morgan fingerprint density at radius 2 is 0.710 bits per heavy atom. The van der Waals surface area contributed by atoms with Gasteiger partial charge in [0.2, 0.25) is 0 Å². The van der Waals surface area contributed by atoms with Gasteiger partial charge in [-0.15, -0.1) is 0 Å². The third kappa shape index (κ3) is 30.6. The molecule has 1 aliphatic carbocycles. The molecule has 0 bridgehead atoms. The van der Waals surface area contributed by atoms with Crippen molar-refractivity contribution in [3.63, 3.8) is 0 Å². The Kier molecular flexibility index (Phi) is 37.0. The fourth-order valence-corrected chi connectivity index (χ4v) is 12.5. The minimum Gasteiger partial charge on any atom is -0.508 e. The van der Waals surface area contributed by atoms with E-state index in [1.165, 1.54) is 302 Å². The van der Waals surface area contributed by atoms with E-state index in [1.54, 1.807) is 6.07 Å². The maximum atomic E-state index is 11.4. The summed E-state index contributed by atoms with van der Waals surface area (Å²) in [6.07, 6.45) is 70.4. The van der Waals surface area contributed by atoms with Gasteiger partial charge in [0.05, 0.1) is 19.3 Å². The number of phenols is 1. The van der Waals surface area contributed by atoms with Crippen molar-refractivity contribution in [2.45, 2.75) is 345 Å². The highest BCUT2D eigenvalue weighted by Crippen LogP contribution is 2.35. The molecule has 4 rings (SSSR count). The Bertz CT molecular complexity index is 1280. The van der Waals surface area contributed by atoms with Crippen LogP contribution in [0.3, 0.4) is 0 Å². The van der Waals surface area contributed by atoms with Gasteiger partial charge in [-0.25, -0.2) is 0 Å². The van der Waals surface area contributed by atoms with Crippen molar-refractivity contribution in [3.8, 4) is 5.75 Å². The van der Waals surface area contributed by atoms with E-state index in [0.29, 0.717) is 31.5 Å². The van der Waals surface area contributed by atoms with Gasteiger partial charge in [0.1, 0.15) is 5.75 Å². The standard InChI is InChI=1S/C64H117NO4/c66-61-48-49-62-59(57-61)51-54-65(58-63(62)67)60-47-45-43-41-39-37-35-33-31-29-27-25-23-21-19-17-15-13-11-9-7-5-3-1-2-4-6-8-10-12-14-16-18-20-22-24-26-28-30-32-34-36-38-40-42-44-46-52-64(53-50-60)68-55-56-69-64/h48-49,57,60,63,66-67H,1-47,50-56,58H2. The predicted molar refractivity (Wildman–Crippen MR) is 298 cm³/mol. The van der Waals surface area contributed by atoms with Gasteiger partial charge in [-0.2, -0.15) is 0 Å². The normalized spacial score (nSPS) is 26.3. The molecule has 1 saturated carbocycles. The van der Waals surface area contributed by atoms with Crippen molar-refractivity contribution in [1.29, 1.82) is 0 Å². The van der Waals surface area contributed by atoms with Crippen LogP contribution in [-0.4, -0.2) is 53.2 Å². The van der Waals surface area contributed by atoms with Gasteiger partial charge in [0, 0.05) is 32.0 Å². The molecule has 0 radical (unpaired) electrons. The Labute approximate surface area is 429 Å². The van der Waals surface area contributed by atoms with E-state index in [2.05, 4.69) is 4.90 Å². The lowest BCUT2D eigenvalue weighted by atomic mass is 9.94. The van der Waals surface area contributed by atoms with Gasteiger partial charge < -0.3 is 19.7 Å². The lowest BCUT2D eigenvalue weighted by molar-refractivity contribution is -0.170. The number of benzene rings is 1. The molecule has 5 heteroatoms. The summed E-state index contributed by atoms with van der Waals surface area (Å²) in [7, 11) is 0. The Balaban J connectivity index is 1.12. The summed E-state index contributed by atoms with van der Waals surface area (Å²) >= 11 is 0. The summed E-state index contributed by atoms with van der Waals surface area (Å²) in [5, 5.41) is 21.6. The Hall–Kier alpha value is -1.14.